The summed E-state index contributed by atoms with van der Waals surface area (Å²) < 4.78 is 5.19. The zero-order valence-electron chi connectivity index (χ0n) is 17.5. The van der Waals surface area contributed by atoms with Crippen molar-refractivity contribution in [3.63, 3.8) is 0 Å². The fourth-order valence-corrected chi connectivity index (χ4v) is 3.66. The van der Waals surface area contributed by atoms with Crippen LogP contribution in [0.2, 0.25) is 5.02 Å². The van der Waals surface area contributed by atoms with Gasteiger partial charge in [-0.05, 0) is 55.2 Å². The molecule has 0 saturated carbocycles. The Morgan fingerprint density at radius 2 is 1.68 bits per heavy atom. The third kappa shape index (κ3) is 4.94. The molecule has 0 bridgehead atoms. The summed E-state index contributed by atoms with van der Waals surface area (Å²) in [6.45, 7) is 4.98. The highest BCUT2D eigenvalue weighted by Crippen LogP contribution is 2.27. The van der Waals surface area contributed by atoms with Gasteiger partial charge in [-0.3, -0.25) is 19.3 Å². The van der Waals surface area contributed by atoms with Gasteiger partial charge in [0.2, 0.25) is 0 Å². The van der Waals surface area contributed by atoms with Gasteiger partial charge in [0.1, 0.15) is 6.04 Å². The minimum Gasteiger partial charge on any atom is -0.454 e. The molecule has 0 radical (unpaired) electrons. The van der Waals surface area contributed by atoms with Crippen LogP contribution in [0.1, 0.15) is 46.5 Å². The molecule has 3 amide bonds. The van der Waals surface area contributed by atoms with Crippen molar-refractivity contribution in [3.8, 4) is 0 Å². The first-order valence-electron chi connectivity index (χ1n) is 9.88. The van der Waals surface area contributed by atoms with Crippen molar-refractivity contribution < 1.29 is 23.9 Å². The van der Waals surface area contributed by atoms with Gasteiger partial charge in [0.05, 0.1) is 11.1 Å². The number of nitrogens with one attached hydrogen (secondary N) is 1. The van der Waals surface area contributed by atoms with Crippen molar-refractivity contribution in [1.82, 2.24) is 4.90 Å². The van der Waals surface area contributed by atoms with Crippen molar-refractivity contribution in [2.24, 2.45) is 5.92 Å². The molecular weight excluding hydrogens is 420 g/mol. The van der Waals surface area contributed by atoms with Gasteiger partial charge in [-0.15, -0.1) is 0 Å². The van der Waals surface area contributed by atoms with Crippen LogP contribution in [0.4, 0.5) is 5.69 Å². The molecule has 1 heterocycles. The number of benzene rings is 2. The lowest BCUT2D eigenvalue weighted by molar-refractivity contribution is -0.151. The van der Waals surface area contributed by atoms with Crippen LogP contribution in [-0.4, -0.2) is 41.2 Å². The van der Waals surface area contributed by atoms with Crippen LogP contribution in [0.25, 0.3) is 0 Å². The Hall–Kier alpha value is -3.19. The van der Waals surface area contributed by atoms with Gasteiger partial charge in [0, 0.05) is 10.7 Å². The lowest BCUT2D eigenvalue weighted by Gasteiger charge is -2.25. The molecule has 8 heteroatoms. The molecule has 0 aromatic heterocycles. The molecule has 0 fully saturated rings. The molecule has 1 unspecified atom stereocenters. The SMILES string of the molecule is Cc1cc(Cl)ccc1NC(=O)COC(=O)C(CC(C)C)N1C(=O)c2ccccc2C1=O. The lowest BCUT2D eigenvalue weighted by atomic mass is 10.0. The smallest absolute Gasteiger partial charge is 0.329 e. The summed E-state index contributed by atoms with van der Waals surface area (Å²) in [7, 11) is 0. The third-order valence-corrected chi connectivity index (χ3v) is 5.15. The molecular formula is C23H23ClN2O5. The van der Waals surface area contributed by atoms with Crippen molar-refractivity contribution in [2.75, 3.05) is 11.9 Å². The van der Waals surface area contributed by atoms with Gasteiger partial charge in [0.25, 0.3) is 17.7 Å². The predicted molar refractivity (Wildman–Crippen MR) is 116 cm³/mol. The number of halogens is 1. The average Bonchev–Trinajstić information content (AvgIpc) is 2.97. The Morgan fingerprint density at radius 3 is 2.23 bits per heavy atom. The zero-order valence-corrected chi connectivity index (χ0v) is 18.2. The van der Waals surface area contributed by atoms with E-state index in [2.05, 4.69) is 5.32 Å². The lowest BCUT2D eigenvalue weighted by Crippen LogP contribution is -2.46. The molecule has 31 heavy (non-hydrogen) atoms. The molecule has 162 valence electrons. The highest BCUT2D eigenvalue weighted by atomic mass is 35.5. The quantitative estimate of drug-likeness (QED) is 0.519. The standard InChI is InChI=1S/C23H23ClN2O5/c1-13(2)10-19(26-21(28)16-6-4-5-7-17(16)22(26)29)23(30)31-12-20(27)25-18-9-8-15(24)11-14(18)3/h4-9,11,13,19H,10,12H2,1-3H3,(H,25,27). The van der Waals surface area contributed by atoms with Crippen LogP contribution >= 0.6 is 11.6 Å². The highest BCUT2D eigenvalue weighted by Gasteiger charge is 2.43. The normalized spacial score (nSPS) is 13.9. The Balaban J connectivity index is 1.70. The number of amides is 3. The van der Waals surface area contributed by atoms with Crippen molar-refractivity contribution >= 4 is 41.0 Å². The second kappa shape index (κ2) is 9.31. The third-order valence-electron chi connectivity index (χ3n) is 4.91. The van der Waals surface area contributed by atoms with Crippen LogP contribution in [0.5, 0.6) is 0 Å². The maximum Gasteiger partial charge on any atom is 0.329 e. The van der Waals surface area contributed by atoms with E-state index in [-0.39, 0.29) is 23.5 Å². The van der Waals surface area contributed by atoms with Gasteiger partial charge in [-0.2, -0.15) is 0 Å². The van der Waals surface area contributed by atoms with E-state index in [9.17, 15) is 19.2 Å². The van der Waals surface area contributed by atoms with Crippen molar-refractivity contribution in [2.45, 2.75) is 33.2 Å². The predicted octanol–water partition coefficient (Wildman–Crippen LogP) is 3.84. The summed E-state index contributed by atoms with van der Waals surface area (Å²) in [5, 5.41) is 3.19. The fourth-order valence-electron chi connectivity index (χ4n) is 3.43. The molecule has 1 aliphatic rings. The summed E-state index contributed by atoms with van der Waals surface area (Å²) in [5.41, 5.74) is 1.82. The molecule has 2 aromatic rings. The van der Waals surface area contributed by atoms with E-state index < -0.39 is 36.3 Å². The number of carbonyl (C=O) groups is 4. The maximum atomic E-state index is 12.8. The van der Waals surface area contributed by atoms with Gasteiger partial charge >= 0.3 is 5.97 Å². The molecule has 0 spiro atoms. The molecule has 1 N–H and O–H groups in total. The summed E-state index contributed by atoms with van der Waals surface area (Å²) in [4.78, 5) is 51.6. The molecule has 7 nitrogen and oxygen atoms in total. The van der Waals surface area contributed by atoms with Gasteiger partial charge in [-0.1, -0.05) is 37.6 Å². The van der Waals surface area contributed by atoms with E-state index in [1.807, 2.05) is 13.8 Å². The number of aryl methyl sites for hydroxylation is 1. The Kier molecular flexibility index (Phi) is 6.75. The van der Waals surface area contributed by atoms with Crippen LogP contribution in [0.15, 0.2) is 42.5 Å². The summed E-state index contributed by atoms with van der Waals surface area (Å²) >= 11 is 5.91. The summed E-state index contributed by atoms with van der Waals surface area (Å²) in [6.07, 6.45) is 0.224. The number of ether oxygens (including phenoxy) is 1. The minimum absolute atomic E-state index is 0.00686. The van der Waals surface area contributed by atoms with Gasteiger partial charge in [0.15, 0.2) is 6.61 Å². The number of rotatable bonds is 7. The number of esters is 1. The van der Waals surface area contributed by atoms with Gasteiger partial charge < -0.3 is 10.1 Å². The Bertz CT molecular complexity index is 1020. The van der Waals surface area contributed by atoms with E-state index in [1.54, 1.807) is 49.4 Å². The number of fused-ring (bicyclic) bond motifs is 1. The summed E-state index contributed by atoms with van der Waals surface area (Å²) in [5.74, 6) is -2.41. The first-order chi connectivity index (χ1) is 14.7. The second-order valence-corrected chi connectivity index (χ2v) is 8.22. The number of hydrogen-bond donors (Lipinski definition) is 1. The first-order valence-corrected chi connectivity index (χ1v) is 10.3. The second-order valence-electron chi connectivity index (χ2n) is 7.79. The van der Waals surface area contributed by atoms with Crippen LogP contribution in [0.3, 0.4) is 0 Å². The van der Waals surface area contributed by atoms with Crippen LogP contribution in [-0.2, 0) is 14.3 Å². The van der Waals surface area contributed by atoms with Crippen LogP contribution < -0.4 is 5.32 Å². The minimum atomic E-state index is -1.11. The monoisotopic (exact) mass is 442 g/mol. The molecule has 2 aromatic carbocycles. The molecule has 0 aliphatic carbocycles. The molecule has 3 rings (SSSR count). The molecule has 1 atom stereocenters. The number of hydrogen-bond acceptors (Lipinski definition) is 5. The largest absolute Gasteiger partial charge is 0.454 e. The number of imide groups is 1. The first kappa shape index (κ1) is 22.5. The number of anilines is 1. The Morgan fingerprint density at radius 1 is 1.06 bits per heavy atom. The van der Waals surface area contributed by atoms with Crippen LogP contribution in [0, 0.1) is 12.8 Å². The van der Waals surface area contributed by atoms with E-state index in [1.165, 1.54) is 0 Å². The van der Waals surface area contributed by atoms with Crippen molar-refractivity contribution in [1.29, 1.82) is 0 Å². The zero-order chi connectivity index (χ0) is 22.7. The van der Waals surface area contributed by atoms with E-state index in [0.717, 1.165) is 10.5 Å². The highest BCUT2D eigenvalue weighted by molar-refractivity contribution is 6.30. The molecule has 1 aliphatic heterocycles. The topological polar surface area (TPSA) is 92.8 Å². The van der Waals surface area contributed by atoms with Gasteiger partial charge in [-0.25, -0.2) is 4.79 Å². The Labute approximate surface area is 185 Å². The fraction of sp³-hybridized carbons (Fsp3) is 0.304. The maximum absolute atomic E-state index is 12.8. The van der Waals surface area contributed by atoms with E-state index in [0.29, 0.717) is 10.7 Å². The average molecular weight is 443 g/mol. The number of carbonyl (C=O) groups excluding carboxylic acids is 4. The van der Waals surface area contributed by atoms with E-state index in [4.69, 9.17) is 16.3 Å². The number of nitrogens with zero attached hydrogens (tertiary/aromatic N) is 1. The molecule has 0 saturated heterocycles. The summed E-state index contributed by atoms with van der Waals surface area (Å²) in [6, 6.07) is 10.3. The van der Waals surface area contributed by atoms with E-state index >= 15 is 0 Å². The van der Waals surface area contributed by atoms with Crippen molar-refractivity contribution in [3.05, 3.63) is 64.2 Å².